The molecule has 3 aromatic heterocycles. The molecule has 4 heterocycles. The van der Waals surface area contributed by atoms with Crippen molar-refractivity contribution in [1.29, 1.82) is 0 Å². The van der Waals surface area contributed by atoms with E-state index in [9.17, 15) is 13.2 Å². The number of ether oxygens (including phenoxy) is 1. The Labute approximate surface area is 239 Å². The second-order valence-electron chi connectivity index (χ2n) is 9.83. The van der Waals surface area contributed by atoms with E-state index in [0.717, 1.165) is 41.2 Å². The summed E-state index contributed by atoms with van der Waals surface area (Å²) in [6.07, 6.45) is 1.98. The van der Waals surface area contributed by atoms with Crippen LogP contribution in [0.4, 0.5) is 11.5 Å². The van der Waals surface area contributed by atoms with Crippen LogP contribution in [0.2, 0.25) is 0 Å². The van der Waals surface area contributed by atoms with Crippen LogP contribution >= 0.6 is 0 Å². The number of nitrogens with one attached hydrogen (secondary N) is 2. The summed E-state index contributed by atoms with van der Waals surface area (Å²) in [5.74, 6) is 2.86. The van der Waals surface area contributed by atoms with Crippen LogP contribution in [0.1, 0.15) is 36.8 Å². The van der Waals surface area contributed by atoms with Gasteiger partial charge in [0.05, 0.1) is 47.0 Å². The molecule has 0 aliphatic carbocycles. The van der Waals surface area contributed by atoms with Crippen molar-refractivity contribution in [2.24, 2.45) is 0 Å². The summed E-state index contributed by atoms with van der Waals surface area (Å²) in [6, 6.07) is 17.8. The number of morpholine rings is 1. The molecule has 0 saturated carbocycles. The maximum absolute atomic E-state index is 12.8. The number of hydrogen-bond donors (Lipinski definition) is 2. The summed E-state index contributed by atoms with van der Waals surface area (Å²) in [5, 5.41) is 5.80. The zero-order valence-electron chi connectivity index (χ0n) is 23.0. The van der Waals surface area contributed by atoms with E-state index >= 15 is 0 Å². The van der Waals surface area contributed by atoms with Crippen LogP contribution in [0.3, 0.4) is 0 Å². The van der Waals surface area contributed by atoms with Gasteiger partial charge < -0.3 is 15.0 Å². The number of pyridine rings is 3. The van der Waals surface area contributed by atoms with Gasteiger partial charge in [-0.2, -0.15) is 8.42 Å². The minimum atomic E-state index is -3.81. The Morgan fingerprint density at radius 3 is 2.56 bits per heavy atom. The highest BCUT2D eigenvalue weighted by molar-refractivity contribution is 7.97. The molecule has 2 atom stereocenters. The predicted molar refractivity (Wildman–Crippen MR) is 159 cm³/mol. The Hall–Kier alpha value is -4.53. The maximum atomic E-state index is 12.8. The minimum absolute atomic E-state index is 0.131. The van der Waals surface area contributed by atoms with Crippen molar-refractivity contribution < 1.29 is 17.9 Å². The third kappa shape index (κ3) is 6.98. The van der Waals surface area contributed by atoms with Gasteiger partial charge in [0.25, 0.3) is 5.91 Å². The van der Waals surface area contributed by atoms with Crippen molar-refractivity contribution in [2.75, 3.05) is 22.7 Å². The molecule has 1 saturated heterocycles. The monoisotopic (exact) mass is 570 g/mol. The number of sulfonamides is 1. The third-order valence-corrected chi connectivity index (χ3v) is 7.39. The first-order valence-electron chi connectivity index (χ1n) is 13.2. The van der Waals surface area contributed by atoms with Gasteiger partial charge in [0.15, 0.2) is 0 Å². The van der Waals surface area contributed by atoms with Crippen LogP contribution in [0.25, 0.3) is 22.3 Å². The van der Waals surface area contributed by atoms with Gasteiger partial charge in [0, 0.05) is 35.5 Å². The third-order valence-electron chi connectivity index (χ3n) is 6.41. The molecule has 0 unspecified atom stereocenters. The fourth-order valence-electron chi connectivity index (χ4n) is 4.72. The van der Waals surface area contributed by atoms with Gasteiger partial charge >= 0.3 is 10.0 Å². The van der Waals surface area contributed by atoms with Crippen LogP contribution < -0.4 is 14.9 Å². The molecule has 1 aromatic carbocycles. The maximum Gasteiger partial charge on any atom is 0.301 e. The SMILES string of the molecule is CC#CS(=O)(=O)Nc1cccc(C(=O)NCc2cc3nc(-c4cccc(N5C[C@@H](C)O[C@@H](C)C5)n4)ccc3cn2)c1. The van der Waals surface area contributed by atoms with Crippen LogP contribution in [-0.4, -0.2) is 54.6 Å². The standard InChI is InChI=1S/C30H30N6O4S/c1-4-13-41(38,39)35-24-8-5-7-22(14-24)30(37)32-17-25-15-28-23(16-31-25)11-12-27(33-28)26-9-6-10-29(34-26)36-18-20(2)40-21(3)19-36/h5-12,14-16,20-21,35H,17-19H2,1-3H3,(H,32,37)/t20-,21+. The Morgan fingerprint density at radius 1 is 1.02 bits per heavy atom. The summed E-state index contributed by atoms with van der Waals surface area (Å²) in [4.78, 5) is 29.2. The Balaban J connectivity index is 1.30. The summed E-state index contributed by atoms with van der Waals surface area (Å²) < 4.78 is 32.0. The molecule has 1 aliphatic heterocycles. The number of benzene rings is 1. The minimum Gasteiger partial charge on any atom is -0.372 e. The van der Waals surface area contributed by atoms with E-state index in [1.54, 1.807) is 24.4 Å². The highest BCUT2D eigenvalue weighted by atomic mass is 32.2. The molecule has 0 spiro atoms. The van der Waals surface area contributed by atoms with Gasteiger partial charge in [-0.05, 0) is 69.3 Å². The molecule has 210 valence electrons. The van der Waals surface area contributed by atoms with Crippen molar-refractivity contribution in [3.05, 3.63) is 78.1 Å². The number of anilines is 2. The van der Waals surface area contributed by atoms with E-state index in [-0.39, 0.29) is 30.3 Å². The van der Waals surface area contributed by atoms with E-state index in [2.05, 4.69) is 44.9 Å². The lowest BCUT2D eigenvalue weighted by atomic mass is 10.1. The van der Waals surface area contributed by atoms with Crippen molar-refractivity contribution in [1.82, 2.24) is 20.3 Å². The van der Waals surface area contributed by atoms with E-state index < -0.39 is 10.0 Å². The largest absolute Gasteiger partial charge is 0.372 e. The van der Waals surface area contributed by atoms with Crippen molar-refractivity contribution >= 4 is 38.3 Å². The van der Waals surface area contributed by atoms with Gasteiger partial charge in [0.2, 0.25) is 0 Å². The zero-order chi connectivity index (χ0) is 29.0. The van der Waals surface area contributed by atoms with Crippen molar-refractivity contribution in [2.45, 2.75) is 39.5 Å². The summed E-state index contributed by atoms with van der Waals surface area (Å²) in [7, 11) is -3.81. The summed E-state index contributed by atoms with van der Waals surface area (Å²) in [5.41, 5.74) is 3.41. The molecule has 11 heteroatoms. The second-order valence-corrected chi connectivity index (χ2v) is 11.2. The van der Waals surface area contributed by atoms with E-state index in [1.165, 1.54) is 13.0 Å². The first kappa shape index (κ1) is 28.0. The Morgan fingerprint density at radius 2 is 1.78 bits per heavy atom. The van der Waals surface area contributed by atoms with Crippen molar-refractivity contribution in [3.8, 4) is 22.6 Å². The van der Waals surface area contributed by atoms with Gasteiger partial charge in [0.1, 0.15) is 5.82 Å². The first-order valence-corrected chi connectivity index (χ1v) is 14.7. The van der Waals surface area contributed by atoms with Gasteiger partial charge in [-0.25, -0.2) is 9.97 Å². The molecule has 41 heavy (non-hydrogen) atoms. The molecule has 1 amide bonds. The molecule has 0 radical (unpaired) electrons. The molecular weight excluding hydrogens is 540 g/mol. The van der Waals surface area contributed by atoms with Gasteiger partial charge in [-0.1, -0.05) is 18.1 Å². The van der Waals surface area contributed by atoms with Crippen molar-refractivity contribution in [3.63, 3.8) is 0 Å². The number of aromatic nitrogens is 3. The molecule has 1 fully saturated rings. The molecule has 4 aromatic rings. The molecule has 5 rings (SSSR count). The highest BCUT2D eigenvalue weighted by Crippen LogP contribution is 2.24. The predicted octanol–water partition coefficient (Wildman–Crippen LogP) is 3.96. The quantitative estimate of drug-likeness (QED) is 0.320. The molecular formula is C30H30N6O4S. The van der Waals surface area contributed by atoms with Crippen LogP contribution in [-0.2, 0) is 21.3 Å². The van der Waals surface area contributed by atoms with Gasteiger partial charge in [-0.3, -0.25) is 14.5 Å². The molecule has 0 bridgehead atoms. The number of fused-ring (bicyclic) bond motifs is 1. The average Bonchev–Trinajstić information content (AvgIpc) is 2.95. The lowest BCUT2D eigenvalue weighted by Crippen LogP contribution is -2.45. The Bertz CT molecular complexity index is 1760. The zero-order valence-corrected chi connectivity index (χ0v) is 23.8. The number of carbonyl (C=O) groups is 1. The normalized spacial score (nSPS) is 17.0. The lowest BCUT2D eigenvalue weighted by Gasteiger charge is -2.36. The average molecular weight is 571 g/mol. The molecule has 2 N–H and O–H groups in total. The Kier molecular flexibility index (Phi) is 8.14. The number of amides is 1. The van der Waals surface area contributed by atoms with E-state index in [4.69, 9.17) is 14.7 Å². The van der Waals surface area contributed by atoms with Crippen LogP contribution in [0.5, 0.6) is 0 Å². The number of carbonyl (C=O) groups excluding carboxylic acids is 1. The smallest absolute Gasteiger partial charge is 0.301 e. The highest BCUT2D eigenvalue weighted by Gasteiger charge is 2.23. The molecule has 1 aliphatic rings. The second kappa shape index (κ2) is 11.9. The van der Waals surface area contributed by atoms with Crippen LogP contribution in [0, 0.1) is 11.2 Å². The fourth-order valence-corrected chi connectivity index (χ4v) is 5.47. The number of nitrogens with zero attached hydrogens (tertiary/aromatic N) is 4. The first-order chi connectivity index (χ1) is 19.7. The van der Waals surface area contributed by atoms with Crippen LogP contribution in [0.15, 0.2) is 66.9 Å². The topological polar surface area (TPSA) is 126 Å². The number of rotatable bonds is 7. The lowest BCUT2D eigenvalue weighted by molar-refractivity contribution is -0.00545. The number of hydrogen-bond acceptors (Lipinski definition) is 8. The fraction of sp³-hybridized carbons (Fsp3) is 0.267. The summed E-state index contributed by atoms with van der Waals surface area (Å²) >= 11 is 0. The summed E-state index contributed by atoms with van der Waals surface area (Å²) in [6.45, 7) is 7.29. The van der Waals surface area contributed by atoms with Gasteiger partial charge in [-0.15, -0.1) is 0 Å². The van der Waals surface area contributed by atoms with E-state index in [1.807, 2.05) is 36.4 Å². The van der Waals surface area contributed by atoms with E-state index in [0.29, 0.717) is 11.3 Å². The molecule has 10 nitrogen and oxygen atoms in total.